The minimum Gasteiger partial charge on any atom is -0.497 e. The summed E-state index contributed by atoms with van der Waals surface area (Å²) in [7, 11) is 3.41. The molecule has 8 nitrogen and oxygen atoms in total. The average molecular weight is 390 g/mol. The number of nitrogens with zero attached hydrogens (tertiary/aromatic N) is 3. The third-order valence-corrected chi connectivity index (χ3v) is 4.14. The fraction of sp³-hybridized carbons (Fsp3) is 0.550. The first-order valence-electron chi connectivity index (χ1n) is 9.76. The summed E-state index contributed by atoms with van der Waals surface area (Å²) in [5.41, 5.74) is 0.920. The molecule has 0 aliphatic carbocycles. The van der Waals surface area contributed by atoms with E-state index < -0.39 is 0 Å². The van der Waals surface area contributed by atoms with Gasteiger partial charge in [-0.2, -0.15) is 4.98 Å². The molecule has 0 amide bonds. The summed E-state index contributed by atoms with van der Waals surface area (Å²) in [5.74, 6) is 2.90. The minimum atomic E-state index is 0.612. The fourth-order valence-electron chi connectivity index (χ4n) is 2.61. The predicted molar refractivity (Wildman–Crippen MR) is 110 cm³/mol. The third kappa shape index (κ3) is 7.56. The van der Waals surface area contributed by atoms with Crippen LogP contribution in [0.4, 0.5) is 0 Å². The maximum atomic E-state index is 5.35. The molecule has 0 atom stereocenters. The highest BCUT2D eigenvalue weighted by molar-refractivity contribution is 5.79. The van der Waals surface area contributed by atoms with E-state index in [1.807, 2.05) is 31.2 Å². The Morgan fingerprint density at radius 2 is 1.89 bits per heavy atom. The van der Waals surface area contributed by atoms with Crippen LogP contribution in [0.2, 0.25) is 0 Å². The Bertz CT molecular complexity index is 700. The molecular weight excluding hydrogens is 358 g/mol. The van der Waals surface area contributed by atoms with Gasteiger partial charge in [0.05, 0.1) is 13.7 Å². The van der Waals surface area contributed by atoms with E-state index in [0.717, 1.165) is 62.7 Å². The van der Waals surface area contributed by atoms with Gasteiger partial charge in [0.2, 0.25) is 11.7 Å². The summed E-state index contributed by atoms with van der Waals surface area (Å²) in [6.07, 6.45) is 3.90. The van der Waals surface area contributed by atoms with Crippen LogP contribution in [0.1, 0.15) is 32.1 Å². The number of hydrogen-bond acceptors (Lipinski definition) is 6. The molecule has 0 saturated heterocycles. The summed E-state index contributed by atoms with van der Waals surface area (Å²) in [6.45, 7) is 5.02. The normalized spacial score (nSPS) is 11.5. The van der Waals surface area contributed by atoms with E-state index >= 15 is 0 Å². The molecule has 1 heterocycles. The Balaban J connectivity index is 1.61. The molecule has 0 radical (unpaired) electrons. The van der Waals surface area contributed by atoms with E-state index in [0.29, 0.717) is 18.3 Å². The highest BCUT2D eigenvalue weighted by Crippen LogP contribution is 2.20. The van der Waals surface area contributed by atoms with E-state index in [1.165, 1.54) is 0 Å². The molecule has 0 saturated carbocycles. The second-order valence-corrected chi connectivity index (χ2v) is 6.17. The van der Waals surface area contributed by atoms with Gasteiger partial charge in [-0.25, -0.2) is 0 Å². The van der Waals surface area contributed by atoms with Crippen LogP contribution in [0.15, 0.2) is 33.8 Å². The van der Waals surface area contributed by atoms with Crippen molar-refractivity contribution < 1.29 is 14.0 Å². The lowest BCUT2D eigenvalue weighted by Crippen LogP contribution is -2.39. The van der Waals surface area contributed by atoms with Gasteiger partial charge in [0.15, 0.2) is 5.96 Å². The highest BCUT2D eigenvalue weighted by Gasteiger charge is 2.08. The van der Waals surface area contributed by atoms with Crippen molar-refractivity contribution in [1.29, 1.82) is 0 Å². The number of aromatic nitrogens is 2. The number of rotatable bonds is 12. The molecule has 0 spiro atoms. The number of methoxy groups -OCH3 is 1. The maximum absolute atomic E-state index is 5.35. The Morgan fingerprint density at radius 3 is 2.61 bits per heavy atom. The largest absolute Gasteiger partial charge is 0.497 e. The van der Waals surface area contributed by atoms with Crippen LogP contribution in [0, 0.1) is 0 Å². The fourth-order valence-corrected chi connectivity index (χ4v) is 2.61. The number of unbranched alkanes of at least 4 members (excludes halogenated alkanes) is 2. The first-order valence-corrected chi connectivity index (χ1v) is 9.76. The van der Waals surface area contributed by atoms with E-state index in [9.17, 15) is 0 Å². The van der Waals surface area contributed by atoms with Crippen molar-refractivity contribution in [2.24, 2.45) is 4.99 Å². The second kappa shape index (κ2) is 12.7. The maximum Gasteiger partial charge on any atom is 0.226 e. The standard InChI is InChI=1S/C20H31N5O3/c1-4-27-15-14-23-20(21-2)22-13-7-5-6-8-18-24-19(25-28-18)16-9-11-17(26-3)12-10-16/h9-12H,4-8,13-15H2,1-3H3,(H2,21,22,23). The van der Waals surface area contributed by atoms with E-state index in [2.05, 4.69) is 25.8 Å². The molecule has 2 rings (SSSR count). The van der Waals surface area contributed by atoms with Gasteiger partial charge >= 0.3 is 0 Å². The van der Waals surface area contributed by atoms with Crippen molar-refractivity contribution >= 4 is 5.96 Å². The zero-order valence-corrected chi connectivity index (χ0v) is 17.0. The number of aryl methyl sites for hydroxylation is 1. The molecule has 0 fully saturated rings. The molecule has 0 bridgehead atoms. The number of guanidine groups is 1. The van der Waals surface area contributed by atoms with Gasteiger partial charge in [-0.15, -0.1) is 0 Å². The first kappa shape index (κ1) is 21.7. The van der Waals surface area contributed by atoms with Gasteiger partial charge in [0.25, 0.3) is 0 Å². The van der Waals surface area contributed by atoms with E-state index in [4.69, 9.17) is 14.0 Å². The highest BCUT2D eigenvalue weighted by atomic mass is 16.5. The predicted octanol–water partition coefficient (Wildman–Crippen LogP) is 2.66. The monoisotopic (exact) mass is 389 g/mol. The van der Waals surface area contributed by atoms with Crippen molar-refractivity contribution in [2.45, 2.75) is 32.6 Å². The second-order valence-electron chi connectivity index (χ2n) is 6.17. The summed E-state index contributed by atoms with van der Waals surface area (Å²) < 4.78 is 15.8. The van der Waals surface area contributed by atoms with E-state index in [1.54, 1.807) is 14.2 Å². The summed E-state index contributed by atoms with van der Waals surface area (Å²) in [6, 6.07) is 7.62. The molecule has 28 heavy (non-hydrogen) atoms. The summed E-state index contributed by atoms with van der Waals surface area (Å²) in [4.78, 5) is 8.66. The van der Waals surface area contributed by atoms with Gasteiger partial charge in [0, 0.05) is 38.7 Å². The number of ether oxygens (including phenoxy) is 2. The molecular formula is C20H31N5O3. The van der Waals surface area contributed by atoms with Crippen LogP contribution in [0.5, 0.6) is 5.75 Å². The van der Waals surface area contributed by atoms with Crippen LogP contribution in [-0.2, 0) is 11.2 Å². The summed E-state index contributed by atoms with van der Waals surface area (Å²) in [5, 5.41) is 10.6. The van der Waals surface area contributed by atoms with E-state index in [-0.39, 0.29) is 0 Å². The van der Waals surface area contributed by atoms with Crippen LogP contribution in [0.25, 0.3) is 11.4 Å². The number of aliphatic imine (C=N–C) groups is 1. The molecule has 154 valence electrons. The van der Waals surface area contributed by atoms with Crippen LogP contribution < -0.4 is 15.4 Å². The lowest BCUT2D eigenvalue weighted by molar-refractivity contribution is 0.152. The van der Waals surface area contributed by atoms with Crippen molar-refractivity contribution in [1.82, 2.24) is 20.8 Å². The van der Waals surface area contributed by atoms with Gasteiger partial charge in [-0.1, -0.05) is 11.6 Å². The van der Waals surface area contributed by atoms with Crippen LogP contribution >= 0.6 is 0 Å². The molecule has 0 aliphatic rings. The van der Waals surface area contributed by atoms with Gasteiger partial charge in [0.1, 0.15) is 5.75 Å². The van der Waals surface area contributed by atoms with Gasteiger partial charge in [-0.3, -0.25) is 4.99 Å². The molecule has 0 aliphatic heterocycles. The van der Waals surface area contributed by atoms with Crippen molar-refractivity contribution in [3.8, 4) is 17.1 Å². The molecule has 8 heteroatoms. The Kier molecular flexibility index (Phi) is 9.85. The van der Waals surface area contributed by atoms with Crippen molar-refractivity contribution in [2.75, 3.05) is 40.5 Å². The third-order valence-electron chi connectivity index (χ3n) is 4.14. The lowest BCUT2D eigenvalue weighted by atomic mass is 10.2. The zero-order chi connectivity index (χ0) is 20.0. The van der Waals surface area contributed by atoms with Gasteiger partial charge in [-0.05, 0) is 44.0 Å². The SMILES string of the molecule is CCOCCNC(=NC)NCCCCCc1nc(-c2ccc(OC)cc2)no1. The molecule has 1 aromatic carbocycles. The lowest BCUT2D eigenvalue weighted by Gasteiger charge is -2.11. The number of benzene rings is 1. The Morgan fingerprint density at radius 1 is 1.11 bits per heavy atom. The number of hydrogen-bond donors (Lipinski definition) is 2. The first-order chi connectivity index (χ1) is 13.8. The molecule has 1 aromatic heterocycles. The molecule has 0 unspecified atom stereocenters. The Hall–Kier alpha value is -2.61. The van der Waals surface area contributed by atoms with Crippen LogP contribution in [0.3, 0.4) is 0 Å². The van der Waals surface area contributed by atoms with Crippen molar-refractivity contribution in [3.05, 3.63) is 30.2 Å². The Labute approximate surface area is 166 Å². The van der Waals surface area contributed by atoms with Gasteiger partial charge < -0.3 is 24.6 Å². The molecule has 2 aromatic rings. The van der Waals surface area contributed by atoms with Crippen LogP contribution in [-0.4, -0.2) is 56.6 Å². The zero-order valence-electron chi connectivity index (χ0n) is 17.0. The smallest absolute Gasteiger partial charge is 0.226 e. The topological polar surface area (TPSA) is 93.8 Å². The quantitative estimate of drug-likeness (QED) is 0.327. The minimum absolute atomic E-state index is 0.612. The number of nitrogens with one attached hydrogen (secondary N) is 2. The summed E-state index contributed by atoms with van der Waals surface area (Å²) >= 11 is 0. The molecule has 2 N–H and O–H groups in total. The average Bonchev–Trinajstić information content (AvgIpc) is 3.21. The van der Waals surface area contributed by atoms with Crippen molar-refractivity contribution in [3.63, 3.8) is 0 Å².